The first-order chi connectivity index (χ1) is 11.2. The lowest BCUT2D eigenvalue weighted by Gasteiger charge is -2.18. The molecule has 0 bridgehead atoms. The minimum atomic E-state index is -0.321. The van der Waals surface area contributed by atoms with Crippen molar-refractivity contribution < 1.29 is 9.59 Å². The van der Waals surface area contributed by atoms with Gasteiger partial charge in [-0.25, -0.2) is 0 Å². The molecule has 4 nitrogen and oxygen atoms in total. The van der Waals surface area contributed by atoms with Gasteiger partial charge in [0, 0.05) is 20.0 Å². The Kier molecular flexibility index (Phi) is 6.36. The van der Waals surface area contributed by atoms with E-state index in [-0.39, 0.29) is 17.7 Å². The molecular formula is C19H22N2O2. The Labute approximate surface area is 136 Å². The van der Waals surface area contributed by atoms with E-state index in [2.05, 4.69) is 10.6 Å². The highest BCUT2D eigenvalue weighted by molar-refractivity contribution is 5.87. The van der Waals surface area contributed by atoms with Crippen LogP contribution in [0.25, 0.3) is 0 Å². The van der Waals surface area contributed by atoms with Gasteiger partial charge in [-0.05, 0) is 17.5 Å². The van der Waals surface area contributed by atoms with Crippen LogP contribution >= 0.6 is 0 Å². The van der Waals surface area contributed by atoms with Gasteiger partial charge in [-0.15, -0.1) is 0 Å². The summed E-state index contributed by atoms with van der Waals surface area (Å²) in [5.74, 6) is -0.397. The number of rotatable bonds is 7. The molecule has 0 radical (unpaired) electrons. The number of nitrogens with one attached hydrogen (secondary N) is 2. The van der Waals surface area contributed by atoms with Crippen LogP contribution in [-0.2, 0) is 9.59 Å². The largest absolute Gasteiger partial charge is 0.356 e. The molecule has 2 N–H and O–H groups in total. The third-order valence-corrected chi connectivity index (χ3v) is 3.55. The molecule has 4 heteroatoms. The molecule has 2 aromatic rings. The summed E-state index contributed by atoms with van der Waals surface area (Å²) in [5.41, 5.74) is 1.94. The van der Waals surface area contributed by atoms with Crippen LogP contribution in [0.5, 0.6) is 0 Å². The second-order valence-corrected chi connectivity index (χ2v) is 5.38. The molecule has 0 saturated carbocycles. The minimum absolute atomic E-state index is 0.0229. The maximum atomic E-state index is 12.6. The van der Waals surface area contributed by atoms with E-state index in [4.69, 9.17) is 0 Å². The van der Waals surface area contributed by atoms with E-state index >= 15 is 0 Å². The predicted molar refractivity (Wildman–Crippen MR) is 91.0 cm³/mol. The van der Waals surface area contributed by atoms with Crippen molar-refractivity contribution >= 4 is 11.8 Å². The highest BCUT2D eigenvalue weighted by atomic mass is 16.2. The van der Waals surface area contributed by atoms with Crippen molar-refractivity contribution in [2.24, 2.45) is 0 Å². The van der Waals surface area contributed by atoms with Gasteiger partial charge in [0.15, 0.2) is 0 Å². The Morgan fingerprint density at radius 1 is 0.826 bits per heavy atom. The Bertz CT molecular complexity index is 587. The third-order valence-electron chi connectivity index (χ3n) is 3.55. The van der Waals surface area contributed by atoms with E-state index in [1.807, 2.05) is 60.7 Å². The number of carbonyl (C=O) groups excluding carboxylic acids is 2. The van der Waals surface area contributed by atoms with Gasteiger partial charge < -0.3 is 10.6 Å². The molecule has 0 unspecified atom stereocenters. The second kappa shape index (κ2) is 8.73. The van der Waals surface area contributed by atoms with Crippen LogP contribution in [0.3, 0.4) is 0 Å². The lowest BCUT2D eigenvalue weighted by molar-refractivity contribution is -0.121. The zero-order chi connectivity index (χ0) is 16.5. The van der Waals surface area contributed by atoms with Gasteiger partial charge in [0.2, 0.25) is 11.8 Å². The van der Waals surface area contributed by atoms with Crippen molar-refractivity contribution in [2.45, 2.75) is 19.3 Å². The minimum Gasteiger partial charge on any atom is -0.356 e. The van der Waals surface area contributed by atoms with Gasteiger partial charge in [-0.2, -0.15) is 0 Å². The summed E-state index contributed by atoms with van der Waals surface area (Å²) in [6, 6.07) is 19.5. The maximum absolute atomic E-state index is 12.6. The SMILES string of the molecule is CC(=O)NCCCNC(=O)C(c1ccccc1)c1ccccc1. The first kappa shape index (κ1) is 16.7. The summed E-state index contributed by atoms with van der Waals surface area (Å²) in [7, 11) is 0. The van der Waals surface area contributed by atoms with Crippen LogP contribution in [0, 0.1) is 0 Å². The summed E-state index contributed by atoms with van der Waals surface area (Å²) >= 11 is 0. The Hall–Kier alpha value is -2.62. The molecule has 0 fully saturated rings. The lowest BCUT2D eigenvalue weighted by Crippen LogP contribution is -2.32. The van der Waals surface area contributed by atoms with E-state index in [1.54, 1.807) is 0 Å². The Morgan fingerprint density at radius 3 is 1.78 bits per heavy atom. The van der Waals surface area contributed by atoms with Gasteiger partial charge in [0.25, 0.3) is 0 Å². The first-order valence-corrected chi connectivity index (χ1v) is 7.80. The van der Waals surface area contributed by atoms with E-state index < -0.39 is 0 Å². The molecule has 2 rings (SSSR count). The molecule has 0 heterocycles. The molecule has 0 aromatic heterocycles. The number of benzene rings is 2. The standard InChI is InChI=1S/C19H22N2O2/c1-15(22)20-13-8-14-21-19(23)18(16-9-4-2-5-10-16)17-11-6-3-7-12-17/h2-7,9-12,18H,8,13-14H2,1H3,(H,20,22)(H,21,23). The summed E-state index contributed by atoms with van der Waals surface area (Å²) in [6.45, 7) is 2.59. The second-order valence-electron chi connectivity index (χ2n) is 5.38. The normalized spacial score (nSPS) is 10.3. The molecule has 0 aliphatic heterocycles. The van der Waals surface area contributed by atoms with Crippen LogP contribution in [0.2, 0.25) is 0 Å². The summed E-state index contributed by atoms with van der Waals surface area (Å²) in [6.07, 6.45) is 0.710. The fraction of sp³-hybridized carbons (Fsp3) is 0.263. The third kappa shape index (κ3) is 5.25. The van der Waals surface area contributed by atoms with E-state index in [0.717, 1.165) is 11.1 Å². The molecule has 0 saturated heterocycles. The van der Waals surface area contributed by atoms with E-state index in [9.17, 15) is 9.59 Å². The lowest BCUT2D eigenvalue weighted by atomic mass is 9.90. The number of amides is 2. The summed E-state index contributed by atoms with van der Waals surface area (Å²) in [4.78, 5) is 23.5. The molecule has 0 aliphatic carbocycles. The topological polar surface area (TPSA) is 58.2 Å². The van der Waals surface area contributed by atoms with E-state index in [0.29, 0.717) is 19.5 Å². The van der Waals surface area contributed by atoms with Crippen LogP contribution in [0.4, 0.5) is 0 Å². The van der Waals surface area contributed by atoms with Crippen molar-refractivity contribution in [1.29, 1.82) is 0 Å². The molecule has 2 aromatic carbocycles. The average Bonchev–Trinajstić information content (AvgIpc) is 2.56. The Balaban J connectivity index is 2.03. The van der Waals surface area contributed by atoms with Gasteiger partial charge in [-0.1, -0.05) is 60.7 Å². The average molecular weight is 310 g/mol. The highest BCUT2D eigenvalue weighted by Crippen LogP contribution is 2.24. The van der Waals surface area contributed by atoms with Crippen LogP contribution in [-0.4, -0.2) is 24.9 Å². The number of hydrogen-bond acceptors (Lipinski definition) is 2. The summed E-state index contributed by atoms with van der Waals surface area (Å²) < 4.78 is 0. The smallest absolute Gasteiger partial charge is 0.232 e. The van der Waals surface area contributed by atoms with Gasteiger partial charge in [-0.3, -0.25) is 9.59 Å². The molecule has 0 spiro atoms. The van der Waals surface area contributed by atoms with Crippen LogP contribution in [0.1, 0.15) is 30.4 Å². The molecule has 0 atom stereocenters. The van der Waals surface area contributed by atoms with Crippen molar-refractivity contribution in [1.82, 2.24) is 10.6 Å². The van der Waals surface area contributed by atoms with Gasteiger partial charge in [0.05, 0.1) is 5.92 Å². The van der Waals surface area contributed by atoms with Crippen molar-refractivity contribution in [2.75, 3.05) is 13.1 Å². The zero-order valence-electron chi connectivity index (χ0n) is 13.3. The fourth-order valence-electron chi connectivity index (χ4n) is 2.45. The van der Waals surface area contributed by atoms with Crippen LogP contribution < -0.4 is 10.6 Å². The number of hydrogen-bond donors (Lipinski definition) is 2. The zero-order valence-corrected chi connectivity index (χ0v) is 13.3. The van der Waals surface area contributed by atoms with Crippen LogP contribution in [0.15, 0.2) is 60.7 Å². The van der Waals surface area contributed by atoms with Crippen molar-refractivity contribution in [3.05, 3.63) is 71.8 Å². The predicted octanol–water partition coefficient (Wildman–Crippen LogP) is 2.46. The fourth-order valence-corrected chi connectivity index (χ4v) is 2.45. The van der Waals surface area contributed by atoms with Gasteiger partial charge >= 0.3 is 0 Å². The van der Waals surface area contributed by atoms with Crippen molar-refractivity contribution in [3.63, 3.8) is 0 Å². The molecular weight excluding hydrogens is 288 g/mol. The highest BCUT2D eigenvalue weighted by Gasteiger charge is 2.21. The first-order valence-electron chi connectivity index (χ1n) is 7.80. The van der Waals surface area contributed by atoms with Gasteiger partial charge in [0.1, 0.15) is 0 Å². The monoisotopic (exact) mass is 310 g/mol. The number of carbonyl (C=O) groups is 2. The molecule has 2 amide bonds. The molecule has 0 aliphatic rings. The van der Waals surface area contributed by atoms with E-state index in [1.165, 1.54) is 6.92 Å². The molecule has 23 heavy (non-hydrogen) atoms. The van der Waals surface area contributed by atoms with Crippen molar-refractivity contribution in [3.8, 4) is 0 Å². The quantitative estimate of drug-likeness (QED) is 0.772. The maximum Gasteiger partial charge on any atom is 0.232 e. The summed E-state index contributed by atoms with van der Waals surface area (Å²) in [5, 5.41) is 5.68. The molecule has 120 valence electrons. The Morgan fingerprint density at radius 2 is 1.30 bits per heavy atom.